The van der Waals surface area contributed by atoms with Gasteiger partial charge in [0.25, 0.3) is 0 Å². The molecule has 1 amide bonds. The molecule has 0 saturated heterocycles. The zero-order valence-electron chi connectivity index (χ0n) is 16.7. The number of carbonyl (C=O) groups is 1. The van der Waals surface area contributed by atoms with E-state index in [1.54, 1.807) is 18.5 Å². The second kappa shape index (κ2) is 9.68. The number of rotatable bonds is 6. The number of pyridine rings is 1. The molecule has 4 rings (SSSR count). The molecule has 0 saturated carbocycles. The summed E-state index contributed by atoms with van der Waals surface area (Å²) < 4.78 is 15.8. The summed E-state index contributed by atoms with van der Waals surface area (Å²) in [4.78, 5) is 16.5. The van der Waals surface area contributed by atoms with Gasteiger partial charge in [0, 0.05) is 28.0 Å². The first kappa shape index (κ1) is 22.3. The van der Waals surface area contributed by atoms with E-state index in [0.717, 1.165) is 22.9 Å². The van der Waals surface area contributed by atoms with Gasteiger partial charge in [-0.05, 0) is 55.0 Å². The van der Waals surface area contributed by atoms with Gasteiger partial charge in [-0.2, -0.15) is 0 Å². The second-order valence-corrected chi connectivity index (χ2v) is 8.51. The van der Waals surface area contributed by atoms with Crippen LogP contribution in [0.4, 0.5) is 10.1 Å². The third-order valence-corrected chi connectivity index (χ3v) is 6.16. The minimum atomic E-state index is -0.603. The molecule has 0 unspecified atom stereocenters. The lowest BCUT2D eigenvalue weighted by molar-refractivity contribution is -0.113. The van der Waals surface area contributed by atoms with Crippen molar-refractivity contribution in [1.29, 1.82) is 0 Å². The fourth-order valence-electron chi connectivity index (χ4n) is 3.01. The molecule has 1 N–H and O–H groups in total. The molecule has 2 aromatic heterocycles. The highest BCUT2D eigenvalue weighted by atomic mass is 35.5. The Balaban J connectivity index is 1.63. The van der Waals surface area contributed by atoms with Crippen LogP contribution in [-0.2, 0) is 4.79 Å². The van der Waals surface area contributed by atoms with Gasteiger partial charge in [-0.1, -0.05) is 41.0 Å². The Morgan fingerprint density at radius 2 is 1.91 bits per heavy atom. The average molecular weight is 488 g/mol. The molecule has 32 heavy (non-hydrogen) atoms. The lowest BCUT2D eigenvalue weighted by atomic mass is 10.2. The van der Waals surface area contributed by atoms with Crippen LogP contribution in [0.3, 0.4) is 0 Å². The van der Waals surface area contributed by atoms with Gasteiger partial charge in [0.05, 0.1) is 17.1 Å². The van der Waals surface area contributed by atoms with Crippen molar-refractivity contribution in [2.45, 2.75) is 12.1 Å². The molecule has 0 spiro atoms. The van der Waals surface area contributed by atoms with Crippen molar-refractivity contribution in [2.75, 3.05) is 11.1 Å². The van der Waals surface area contributed by atoms with E-state index in [4.69, 9.17) is 23.2 Å². The van der Waals surface area contributed by atoms with E-state index < -0.39 is 5.82 Å². The maximum atomic E-state index is 14.0. The Kier molecular flexibility index (Phi) is 6.74. The van der Waals surface area contributed by atoms with Crippen LogP contribution >= 0.6 is 35.0 Å². The summed E-state index contributed by atoms with van der Waals surface area (Å²) in [7, 11) is 0. The molecule has 0 bridgehead atoms. The fourth-order valence-corrected chi connectivity index (χ4v) is 4.09. The van der Waals surface area contributed by atoms with Gasteiger partial charge in [-0.3, -0.25) is 14.3 Å². The Labute approximate surface area is 197 Å². The van der Waals surface area contributed by atoms with Gasteiger partial charge in [0.1, 0.15) is 5.82 Å². The largest absolute Gasteiger partial charge is 0.323 e. The maximum absolute atomic E-state index is 14.0. The van der Waals surface area contributed by atoms with Crippen molar-refractivity contribution in [3.05, 3.63) is 82.4 Å². The lowest BCUT2D eigenvalue weighted by Crippen LogP contribution is -2.15. The molecule has 6 nitrogen and oxygen atoms in total. The molecule has 10 heteroatoms. The summed E-state index contributed by atoms with van der Waals surface area (Å²) in [5.41, 5.74) is 2.51. The Morgan fingerprint density at radius 1 is 1.12 bits per heavy atom. The predicted octanol–water partition coefficient (Wildman–Crippen LogP) is 5.81. The number of hydrogen-bond donors (Lipinski definition) is 1. The van der Waals surface area contributed by atoms with E-state index in [1.165, 1.54) is 23.9 Å². The number of anilines is 1. The van der Waals surface area contributed by atoms with Crippen LogP contribution in [0.15, 0.2) is 66.1 Å². The van der Waals surface area contributed by atoms with Crippen LogP contribution in [0.5, 0.6) is 0 Å². The molecule has 2 aromatic carbocycles. The van der Waals surface area contributed by atoms with Gasteiger partial charge >= 0.3 is 0 Å². The monoisotopic (exact) mass is 487 g/mol. The second-order valence-electron chi connectivity index (χ2n) is 6.72. The van der Waals surface area contributed by atoms with E-state index >= 15 is 0 Å². The quantitative estimate of drug-likeness (QED) is 0.347. The molecule has 0 aliphatic rings. The zero-order valence-corrected chi connectivity index (χ0v) is 19.0. The van der Waals surface area contributed by atoms with E-state index in [2.05, 4.69) is 20.5 Å². The van der Waals surface area contributed by atoms with Gasteiger partial charge in [0.2, 0.25) is 5.91 Å². The predicted molar refractivity (Wildman–Crippen MR) is 125 cm³/mol. The molecule has 0 fully saturated rings. The number of benzene rings is 2. The summed E-state index contributed by atoms with van der Waals surface area (Å²) in [6.07, 6.45) is 3.33. The van der Waals surface area contributed by atoms with E-state index in [0.29, 0.717) is 16.0 Å². The Hall–Kier alpha value is -2.94. The molecular formula is C22H16Cl2FN5OS. The van der Waals surface area contributed by atoms with Crippen LogP contribution in [0.25, 0.3) is 17.1 Å². The number of nitrogens with one attached hydrogen (secondary N) is 1. The number of carbonyl (C=O) groups excluding carboxylic acids is 1. The van der Waals surface area contributed by atoms with Crippen molar-refractivity contribution in [3.63, 3.8) is 0 Å². The third kappa shape index (κ3) is 4.77. The average Bonchev–Trinajstić information content (AvgIpc) is 3.20. The van der Waals surface area contributed by atoms with Crippen LogP contribution in [0.2, 0.25) is 10.0 Å². The zero-order chi connectivity index (χ0) is 22.7. The summed E-state index contributed by atoms with van der Waals surface area (Å²) in [5.74, 6) is -0.409. The number of hydrogen-bond acceptors (Lipinski definition) is 5. The van der Waals surface area contributed by atoms with Crippen molar-refractivity contribution < 1.29 is 9.18 Å². The Bertz CT molecular complexity index is 1280. The molecular weight excluding hydrogens is 472 g/mol. The molecule has 0 atom stereocenters. The van der Waals surface area contributed by atoms with Crippen molar-refractivity contribution in [3.8, 4) is 17.1 Å². The number of halogens is 3. The first-order chi connectivity index (χ1) is 15.4. The summed E-state index contributed by atoms with van der Waals surface area (Å²) in [6.45, 7) is 1.90. The topological polar surface area (TPSA) is 72.7 Å². The van der Waals surface area contributed by atoms with Crippen LogP contribution < -0.4 is 5.32 Å². The number of aromatic nitrogens is 4. The number of nitrogens with zero attached hydrogens (tertiary/aromatic N) is 4. The molecule has 4 aromatic rings. The Morgan fingerprint density at radius 3 is 2.66 bits per heavy atom. The number of thioether (sulfide) groups is 1. The molecule has 162 valence electrons. The van der Waals surface area contributed by atoms with Gasteiger partial charge in [0.15, 0.2) is 11.0 Å². The molecule has 0 aliphatic carbocycles. The van der Waals surface area contributed by atoms with E-state index in [-0.39, 0.29) is 22.4 Å². The van der Waals surface area contributed by atoms with Crippen molar-refractivity contribution >= 4 is 46.6 Å². The van der Waals surface area contributed by atoms with E-state index in [1.807, 2.05) is 35.8 Å². The summed E-state index contributed by atoms with van der Waals surface area (Å²) in [6, 6.07) is 13.3. The minimum absolute atomic E-state index is 0.00381. The molecule has 0 radical (unpaired) electrons. The fraction of sp³-hybridized carbons (Fsp3) is 0.0909. The van der Waals surface area contributed by atoms with Crippen LogP contribution in [0.1, 0.15) is 5.56 Å². The smallest absolute Gasteiger partial charge is 0.234 e. The lowest BCUT2D eigenvalue weighted by Gasteiger charge is -2.14. The highest BCUT2D eigenvalue weighted by Gasteiger charge is 2.19. The standard InChI is InChI=1S/C22H16Cl2FN5OS/c1-13-16(24)3-2-4-19(13)30-21(14-7-9-26-10-8-14)28-29-22(30)32-12-20(31)27-18-6-5-15(23)11-17(18)25/h2-11H,12H2,1H3,(H,27,31). The highest BCUT2D eigenvalue weighted by molar-refractivity contribution is 7.99. The third-order valence-electron chi connectivity index (χ3n) is 4.59. The molecule has 0 aliphatic heterocycles. The van der Waals surface area contributed by atoms with Gasteiger partial charge in [-0.25, -0.2) is 4.39 Å². The SMILES string of the molecule is Cc1c(Cl)cccc1-n1c(SCC(=O)Nc2ccc(Cl)cc2F)nnc1-c1ccncc1. The maximum Gasteiger partial charge on any atom is 0.234 e. The van der Waals surface area contributed by atoms with Crippen molar-refractivity contribution in [1.82, 2.24) is 19.7 Å². The normalized spacial score (nSPS) is 10.9. The van der Waals surface area contributed by atoms with Gasteiger partial charge < -0.3 is 5.32 Å². The van der Waals surface area contributed by atoms with Crippen LogP contribution in [-0.4, -0.2) is 31.4 Å². The number of amides is 1. The minimum Gasteiger partial charge on any atom is -0.323 e. The first-order valence-corrected chi connectivity index (χ1v) is 11.2. The summed E-state index contributed by atoms with van der Waals surface area (Å²) >= 11 is 13.3. The van der Waals surface area contributed by atoms with Crippen molar-refractivity contribution in [2.24, 2.45) is 0 Å². The van der Waals surface area contributed by atoms with Gasteiger partial charge in [-0.15, -0.1) is 10.2 Å². The first-order valence-electron chi connectivity index (χ1n) is 9.43. The van der Waals surface area contributed by atoms with Crippen LogP contribution in [0, 0.1) is 12.7 Å². The van der Waals surface area contributed by atoms with E-state index in [9.17, 15) is 9.18 Å². The summed E-state index contributed by atoms with van der Waals surface area (Å²) in [5, 5.41) is 12.5. The highest BCUT2D eigenvalue weighted by Crippen LogP contribution is 2.31. The molecule has 2 heterocycles.